The average molecular weight is 336 g/mol. The quantitative estimate of drug-likeness (QED) is 0.860. The van der Waals surface area contributed by atoms with Gasteiger partial charge in [-0.1, -0.05) is 17.7 Å². The van der Waals surface area contributed by atoms with Crippen LogP contribution in [0.3, 0.4) is 0 Å². The van der Waals surface area contributed by atoms with Gasteiger partial charge in [-0.05, 0) is 17.7 Å². The Hall–Kier alpha value is -1.51. The maximum atomic E-state index is 13.1. The van der Waals surface area contributed by atoms with Gasteiger partial charge in [-0.15, -0.1) is 0 Å². The fourth-order valence-corrected chi connectivity index (χ4v) is 3.23. The van der Waals surface area contributed by atoms with Crippen LogP contribution in [0.1, 0.15) is 5.56 Å². The monoisotopic (exact) mass is 335 g/mol. The number of rotatable bonds is 4. The van der Waals surface area contributed by atoms with Gasteiger partial charge in [-0.3, -0.25) is 0 Å². The molecule has 2 rings (SSSR count). The number of hydrogen-bond acceptors (Lipinski definition) is 3. The summed E-state index contributed by atoms with van der Waals surface area (Å²) < 4.78 is 53.0. The number of hydrogen-bond donors (Lipinski definition) is 0. The molecular formula is C12H12ClF2N3O2S. The highest BCUT2D eigenvalue weighted by atomic mass is 35.5. The summed E-state index contributed by atoms with van der Waals surface area (Å²) in [5, 5.41) is -0.302. The van der Waals surface area contributed by atoms with Gasteiger partial charge >= 0.3 is 0 Å². The summed E-state index contributed by atoms with van der Waals surface area (Å²) in [6, 6.07) is 3.20. The molecule has 5 nitrogen and oxygen atoms in total. The van der Waals surface area contributed by atoms with Crippen molar-refractivity contribution in [1.29, 1.82) is 0 Å². The van der Waals surface area contributed by atoms with Crippen molar-refractivity contribution in [2.24, 2.45) is 7.05 Å². The Kier molecular flexibility index (Phi) is 4.31. The molecule has 0 aliphatic heterocycles. The highest BCUT2D eigenvalue weighted by Crippen LogP contribution is 2.23. The summed E-state index contributed by atoms with van der Waals surface area (Å²) in [7, 11) is -1.05. The van der Waals surface area contributed by atoms with Crippen LogP contribution >= 0.6 is 11.6 Å². The van der Waals surface area contributed by atoms with E-state index in [1.807, 2.05) is 0 Å². The molecule has 0 aliphatic carbocycles. The summed E-state index contributed by atoms with van der Waals surface area (Å²) in [4.78, 5) is 3.75. The van der Waals surface area contributed by atoms with Gasteiger partial charge < -0.3 is 4.57 Å². The van der Waals surface area contributed by atoms with E-state index in [1.165, 1.54) is 24.0 Å². The zero-order valence-corrected chi connectivity index (χ0v) is 12.8. The van der Waals surface area contributed by atoms with Crippen LogP contribution in [-0.2, 0) is 23.6 Å². The van der Waals surface area contributed by atoms with Gasteiger partial charge in [0, 0.05) is 20.6 Å². The molecule has 0 saturated carbocycles. The van der Waals surface area contributed by atoms with E-state index in [4.69, 9.17) is 11.6 Å². The summed E-state index contributed by atoms with van der Waals surface area (Å²) in [5.41, 5.74) is 0.312. The van der Waals surface area contributed by atoms with Crippen molar-refractivity contribution in [3.05, 3.63) is 46.9 Å². The van der Waals surface area contributed by atoms with Crippen LogP contribution in [-0.4, -0.2) is 29.3 Å². The van der Waals surface area contributed by atoms with Crippen LogP contribution in [0.4, 0.5) is 8.78 Å². The smallest absolute Gasteiger partial charge is 0.263 e. The second-order valence-corrected chi connectivity index (χ2v) is 6.78. The van der Waals surface area contributed by atoms with E-state index >= 15 is 0 Å². The third-order valence-corrected chi connectivity index (χ3v) is 5.17. The number of nitrogens with zero attached hydrogens (tertiary/aromatic N) is 3. The maximum Gasteiger partial charge on any atom is 0.263 e. The van der Waals surface area contributed by atoms with Crippen molar-refractivity contribution < 1.29 is 17.2 Å². The average Bonchev–Trinajstić information content (AvgIpc) is 2.75. The molecule has 0 amide bonds. The first kappa shape index (κ1) is 15.9. The first-order valence-electron chi connectivity index (χ1n) is 5.80. The van der Waals surface area contributed by atoms with E-state index in [9.17, 15) is 17.2 Å². The van der Waals surface area contributed by atoms with E-state index in [0.717, 1.165) is 16.4 Å². The summed E-state index contributed by atoms with van der Waals surface area (Å²) in [6.45, 7) is -0.133. The third kappa shape index (κ3) is 3.07. The molecule has 0 N–H and O–H groups in total. The van der Waals surface area contributed by atoms with Crippen molar-refractivity contribution in [2.75, 3.05) is 7.05 Å². The minimum absolute atomic E-state index is 0.0212. The molecule has 0 spiro atoms. The van der Waals surface area contributed by atoms with Gasteiger partial charge in [-0.2, -0.15) is 4.31 Å². The van der Waals surface area contributed by atoms with E-state index in [-0.39, 0.29) is 16.7 Å². The molecule has 1 aromatic heterocycles. The molecule has 114 valence electrons. The second-order valence-electron chi connectivity index (χ2n) is 4.46. The fraction of sp³-hybridized carbons (Fsp3) is 0.250. The van der Waals surface area contributed by atoms with Gasteiger partial charge in [0.25, 0.3) is 10.0 Å². The van der Waals surface area contributed by atoms with E-state index in [1.54, 1.807) is 7.05 Å². The van der Waals surface area contributed by atoms with E-state index in [0.29, 0.717) is 5.56 Å². The topological polar surface area (TPSA) is 55.2 Å². The largest absolute Gasteiger partial charge is 0.324 e. The van der Waals surface area contributed by atoms with Crippen LogP contribution in [0.25, 0.3) is 0 Å². The molecule has 0 fully saturated rings. The molecule has 0 saturated heterocycles. The molecule has 1 aromatic carbocycles. The lowest BCUT2D eigenvalue weighted by atomic mass is 10.2. The molecule has 0 atom stereocenters. The predicted octanol–water partition coefficient (Wildman–Crippen LogP) is 2.17. The Morgan fingerprint density at radius 2 is 2.00 bits per heavy atom. The zero-order chi connectivity index (χ0) is 15.8. The number of halogens is 3. The lowest BCUT2D eigenvalue weighted by Crippen LogP contribution is -2.27. The summed E-state index contributed by atoms with van der Waals surface area (Å²) in [5.74, 6) is -2.02. The first-order valence-corrected chi connectivity index (χ1v) is 7.62. The number of sulfonamides is 1. The van der Waals surface area contributed by atoms with Gasteiger partial charge in [-0.25, -0.2) is 22.2 Å². The number of imidazole rings is 1. The Bertz CT molecular complexity index is 777. The molecule has 21 heavy (non-hydrogen) atoms. The van der Waals surface area contributed by atoms with Crippen molar-refractivity contribution in [1.82, 2.24) is 13.9 Å². The molecule has 9 heteroatoms. The minimum atomic E-state index is -3.92. The Morgan fingerprint density at radius 1 is 1.33 bits per heavy atom. The highest BCUT2D eigenvalue weighted by molar-refractivity contribution is 7.89. The molecule has 2 aromatic rings. The maximum absolute atomic E-state index is 13.1. The highest BCUT2D eigenvalue weighted by Gasteiger charge is 2.27. The molecule has 0 bridgehead atoms. The molecule has 0 unspecified atom stereocenters. The Morgan fingerprint density at radius 3 is 2.52 bits per heavy atom. The van der Waals surface area contributed by atoms with Crippen LogP contribution in [0.15, 0.2) is 29.6 Å². The fourth-order valence-electron chi connectivity index (χ4n) is 1.69. The van der Waals surface area contributed by atoms with Gasteiger partial charge in [0.2, 0.25) is 5.03 Å². The van der Waals surface area contributed by atoms with Crippen LogP contribution in [0, 0.1) is 11.6 Å². The molecular weight excluding hydrogens is 324 g/mol. The van der Waals surface area contributed by atoms with E-state index in [2.05, 4.69) is 4.98 Å². The predicted molar refractivity (Wildman–Crippen MR) is 73.2 cm³/mol. The normalized spacial score (nSPS) is 12.1. The third-order valence-electron chi connectivity index (χ3n) is 2.88. The molecule has 0 radical (unpaired) electrons. The van der Waals surface area contributed by atoms with Gasteiger partial charge in [0.1, 0.15) is 5.15 Å². The van der Waals surface area contributed by atoms with Gasteiger partial charge in [0.05, 0.1) is 6.33 Å². The van der Waals surface area contributed by atoms with Crippen LogP contribution < -0.4 is 0 Å². The lowest BCUT2D eigenvalue weighted by Gasteiger charge is -2.16. The van der Waals surface area contributed by atoms with Gasteiger partial charge in [0.15, 0.2) is 11.6 Å². The van der Waals surface area contributed by atoms with Crippen molar-refractivity contribution in [3.63, 3.8) is 0 Å². The van der Waals surface area contributed by atoms with Crippen LogP contribution in [0.2, 0.25) is 5.15 Å². The summed E-state index contributed by atoms with van der Waals surface area (Å²) in [6.07, 6.45) is 1.28. The van der Waals surface area contributed by atoms with Crippen molar-refractivity contribution in [3.8, 4) is 0 Å². The standard InChI is InChI=1S/C12H12ClF2N3O2S/c1-17-7-16-12(11(17)13)21(19,20)18(2)6-8-3-4-9(14)10(15)5-8/h3-5,7H,6H2,1-2H3. The van der Waals surface area contributed by atoms with Crippen molar-refractivity contribution in [2.45, 2.75) is 11.6 Å². The number of aromatic nitrogens is 2. The van der Waals surface area contributed by atoms with Crippen LogP contribution in [0.5, 0.6) is 0 Å². The second kappa shape index (κ2) is 5.70. The molecule has 1 heterocycles. The Balaban J connectivity index is 2.28. The summed E-state index contributed by atoms with van der Waals surface area (Å²) >= 11 is 5.87. The SMILES string of the molecule is CN(Cc1ccc(F)c(F)c1)S(=O)(=O)c1ncn(C)c1Cl. The first-order chi connectivity index (χ1) is 9.73. The Labute approximate surface area is 125 Å². The molecule has 0 aliphatic rings. The zero-order valence-electron chi connectivity index (χ0n) is 11.2. The van der Waals surface area contributed by atoms with Crippen molar-refractivity contribution >= 4 is 21.6 Å². The van der Waals surface area contributed by atoms with E-state index < -0.39 is 21.7 Å². The lowest BCUT2D eigenvalue weighted by molar-refractivity contribution is 0.459. The minimum Gasteiger partial charge on any atom is -0.324 e. The number of benzene rings is 1. The number of aryl methyl sites for hydroxylation is 1.